The molecule has 0 bridgehead atoms. The van der Waals surface area contributed by atoms with Crippen LogP contribution < -0.4 is 5.56 Å². The van der Waals surface area contributed by atoms with Gasteiger partial charge in [-0.2, -0.15) is 0 Å². The summed E-state index contributed by atoms with van der Waals surface area (Å²) in [5.74, 6) is 0.630. The van der Waals surface area contributed by atoms with Crippen molar-refractivity contribution < 1.29 is 0 Å². The summed E-state index contributed by atoms with van der Waals surface area (Å²) in [6.45, 7) is 5.75. The van der Waals surface area contributed by atoms with Gasteiger partial charge in [0.1, 0.15) is 5.82 Å². The summed E-state index contributed by atoms with van der Waals surface area (Å²) in [5.41, 5.74) is 0.685. The van der Waals surface area contributed by atoms with E-state index < -0.39 is 0 Å². The lowest BCUT2D eigenvalue weighted by molar-refractivity contribution is 0.540. The number of benzene rings is 1. The number of hydrogen-bond donors (Lipinski definition) is 0. The van der Waals surface area contributed by atoms with E-state index in [1.165, 1.54) is 0 Å². The van der Waals surface area contributed by atoms with Gasteiger partial charge in [-0.25, -0.2) is 4.98 Å². The van der Waals surface area contributed by atoms with Crippen LogP contribution in [-0.4, -0.2) is 9.55 Å². The largest absolute Gasteiger partial charge is 0.292 e. The second-order valence-electron chi connectivity index (χ2n) is 4.37. The summed E-state index contributed by atoms with van der Waals surface area (Å²) < 4.78 is 1.67. The van der Waals surface area contributed by atoms with Crippen LogP contribution in [0.15, 0.2) is 29.1 Å². The maximum atomic E-state index is 12.4. The fraction of sp³-hybridized carbons (Fsp3) is 0.385. The molecule has 1 aromatic carbocycles. The molecule has 90 valence electrons. The van der Waals surface area contributed by atoms with Gasteiger partial charge in [-0.1, -0.05) is 12.1 Å². The van der Waals surface area contributed by atoms with E-state index in [-0.39, 0.29) is 17.0 Å². The highest BCUT2D eigenvalue weighted by molar-refractivity contribution is 6.20. The van der Waals surface area contributed by atoms with E-state index in [1.54, 1.807) is 10.6 Å². The highest BCUT2D eigenvalue weighted by atomic mass is 35.5. The molecule has 0 N–H and O–H groups in total. The minimum absolute atomic E-state index is 0.0203. The summed E-state index contributed by atoms with van der Waals surface area (Å²) >= 11 is 6.10. The monoisotopic (exact) mass is 250 g/mol. The Labute approximate surface area is 105 Å². The summed E-state index contributed by atoms with van der Waals surface area (Å²) in [7, 11) is 0. The first-order chi connectivity index (χ1) is 8.02. The first-order valence-electron chi connectivity index (χ1n) is 5.67. The van der Waals surface area contributed by atoms with E-state index in [2.05, 4.69) is 4.98 Å². The summed E-state index contributed by atoms with van der Waals surface area (Å²) in [6.07, 6.45) is 0. The Balaban J connectivity index is 2.89. The molecule has 0 radical (unpaired) electrons. The van der Waals surface area contributed by atoms with Crippen LogP contribution in [0.3, 0.4) is 0 Å². The van der Waals surface area contributed by atoms with Gasteiger partial charge in [-0.15, -0.1) is 11.6 Å². The fourth-order valence-electron chi connectivity index (χ4n) is 1.94. The molecule has 17 heavy (non-hydrogen) atoms. The lowest BCUT2D eigenvalue weighted by Gasteiger charge is -2.17. The molecule has 1 unspecified atom stereocenters. The SMILES string of the molecule is CC(Cl)c1nc2ccccc2c(=O)n1C(C)C. The van der Waals surface area contributed by atoms with Crippen molar-refractivity contribution in [2.45, 2.75) is 32.2 Å². The molecular weight excluding hydrogens is 236 g/mol. The molecule has 1 atom stereocenters. The Morgan fingerprint density at radius 1 is 1.24 bits per heavy atom. The number of nitrogens with zero attached hydrogens (tertiary/aromatic N) is 2. The molecule has 2 rings (SSSR count). The number of aromatic nitrogens is 2. The quantitative estimate of drug-likeness (QED) is 0.767. The molecule has 1 heterocycles. The van der Waals surface area contributed by atoms with Gasteiger partial charge in [0.15, 0.2) is 0 Å². The predicted molar refractivity (Wildman–Crippen MR) is 70.7 cm³/mol. The highest BCUT2D eigenvalue weighted by Gasteiger charge is 2.16. The maximum absolute atomic E-state index is 12.4. The first kappa shape index (κ1) is 12.1. The normalized spacial score (nSPS) is 13.2. The van der Waals surface area contributed by atoms with Gasteiger partial charge in [0.25, 0.3) is 5.56 Å². The molecular formula is C13H15ClN2O. The molecule has 2 aromatic rings. The molecule has 0 aliphatic rings. The van der Waals surface area contributed by atoms with Crippen LogP contribution >= 0.6 is 11.6 Å². The molecule has 0 aliphatic carbocycles. The van der Waals surface area contributed by atoms with E-state index in [1.807, 2.05) is 39.0 Å². The first-order valence-corrected chi connectivity index (χ1v) is 6.11. The third-order valence-corrected chi connectivity index (χ3v) is 2.90. The predicted octanol–water partition coefficient (Wildman–Crippen LogP) is 3.28. The number of fused-ring (bicyclic) bond motifs is 1. The molecule has 0 saturated heterocycles. The van der Waals surface area contributed by atoms with Crippen LogP contribution in [0.4, 0.5) is 0 Å². The van der Waals surface area contributed by atoms with Gasteiger partial charge in [-0.05, 0) is 32.9 Å². The van der Waals surface area contributed by atoms with E-state index >= 15 is 0 Å². The Hall–Kier alpha value is -1.35. The number of para-hydroxylation sites is 1. The Morgan fingerprint density at radius 3 is 2.47 bits per heavy atom. The van der Waals surface area contributed by atoms with Gasteiger partial charge < -0.3 is 0 Å². The third kappa shape index (κ3) is 2.07. The lowest BCUT2D eigenvalue weighted by Crippen LogP contribution is -2.27. The molecule has 3 nitrogen and oxygen atoms in total. The fourth-order valence-corrected chi connectivity index (χ4v) is 2.10. The second-order valence-corrected chi connectivity index (χ2v) is 5.03. The van der Waals surface area contributed by atoms with Gasteiger partial charge in [0, 0.05) is 6.04 Å². The van der Waals surface area contributed by atoms with Crippen LogP contribution in [-0.2, 0) is 0 Å². The van der Waals surface area contributed by atoms with E-state index in [9.17, 15) is 4.79 Å². The Bertz CT molecular complexity index is 602. The average molecular weight is 251 g/mol. The zero-order valence-corrected chi connectivity index (χ0v) is 10.9. The third-order valence-electron chi connectivity index (χ3n) is 2.71. The van der Waals surface area contributed by atoms with Crippen LogP contribution in [0.2, 0.25) is 0 Å². The zero-order chi connectivity index (χ0) is 12.6. The van der Waals surface area contributed by atoms with Gasteiger partial charge in [-0.3, -0.25) is 9.36 Å². The maximum Gasteiger partial charge on any atom is 0.261 e. The van der Waals surface area contributed by atoms with Crippen molar-refractivity contribution in [1.82, 2.24) is 9.55 Å². The van der Waals surface area contributed by atoms with Crippen LogP contribution in [0.5, 0.6) is 0 Å². The minimum Gasteiger partial charge on any atom is -0.292 e. The van der Waals surface area contributed by atoms with Gasteiger partial charge >= 0.3 is 0 Å². The van der Waals surface area contributed by atoms with Gasteiger partial charge in [0.2, 0.25) is 0 Å². The highest BCUT2D eigenvalue weighted by Crippen LogP contribution is 2.21. The molecule has 1 aromatic heterocycles. The number of alkyl halides is 1. The molecule has 0 aliphatic heterocycles. The van der Waals surface area contributed by atoms with Crippen molar-refractivity contribution >= 4 is 22.5 Å². The molecule has 0 spiro atoms. The van der Waals surface area contributed by atoms with Crippen molar-refractivity contribution in [2.24, 2.45) is 0 Å². The van der Waals surface area contributed by atoms with Gasteiger partial charge in [0.05, 0.1) is 16.3 Å². The van der Waals surface area contributed by atoms with Crippen LogP contribution in [0, 0.1) is 0 Å². The minimum atomic E-state index is -0.283. The van der Waals surface area contributed by atoms with Crippen molar-refractivity contribution in [2.75, 3.05) is 0 Å². The van der Waals surface area contributed by atoms with Crippen LogP contribution in [0.25, 0.3) is 10.9 Å². The van der Waals surface area contributed by atoms with E-state index in [0.717, 1.165) is 0 Å². The van der Waals surface area contributed by atoms with Crippen molar-refractivity contribution in [3.63, 3.8) is 0 Å². The number of rotatable bonds is 2. The number of hydrogen-bond acceptors (Lipinski definition) is 2. The van der Waals surface area contributed by atoms with Crippen LogP contribution in [0.1, 0.15) is 38.0 Å². The topological polar surface area (TPSA) is 34.9 Å². The molecule has 4 heteroatoms. The second kappa shape index (κ2) is 4.49. The lowest BCUT2D eigenvalue weighted by atomic mass is 10.2. The molecule has 0 amide bonds. The number of halogens is 1. The van der Waals surface area contributed by atoms with Crippen molar-refractivity contribution in [1.29, 1.82) is 0 Å². The van der Waals surface area contributed by atoms with E-state index in [0.29, 0.717) is 16.7 Å². The van der Waals surface area contributed by atoms with Crippen molar-refractivity contribution in [3.05, 3.63) is 40.4 Å². The van der Waals surface area contributed by atoms with E-state index in [4.69, 9.17) is 11.6 Å². The average Bonchev–Trinajstić information content (AvgIpc) is 2.28. The zero-order valence-electron chi connectivity index (χ0n) is 10.1. The standard InChI is InChI=1S/C13H15ClN2O/c1-8(2)16-12(9(3)14)15-11-7-5-4-6-10(11)13(16)17/h4-9H,1-3H3. The Kier molecular flexibility index (Phi) is 3.20. The molecule has 0 saturated carbocycles. The summed E-state index contributed by atoms with van der Waals surface area (Å²) in [5, 5.41) is 0.358. The Morgan fingerprint density at radius 2 is 1.88 bits per heavy atom. The smallest absolute Gasteiger partial charge is 0.261 e. The molecule has 0 fully saturated rings. The summed E-state index contributed by atoms with van der Waals surface area (Å²) in [6, 6.07) is 7.41. The van der Waals surface area contributed by atoms with Crippen molar-refractivity contribution in [3.8, 4) is 0 Å². The summed E-state index contributed by atoms with van der Waals surface area (Å²) in [4.78, 5) is 16.8.